The van der Waals surface area contributed by atoms with Crippen molar-refractivity contribution in [3.05, 3.63) is 0 Å². The molecule has 1 N–H and O–H groups in total. The standard InChI is InChI=1S/C18H31N3O2/c1-12(2)20-9-13(6-15(20)22)19-16(23)21-11-18(5)8-14(21)7-17(3,4)10-18/h12-14H,6-11H2,1-5H3,(H,19,23). The normalized spacial score (nSPS) is 36.0. The summed E-state index contributed by atoms with van der Waals surface area (Å²) in [5.74, 6) is 0.151. The maximum absolute atomic E-state index is 12.8. The summed E-state index contributed by atoms with van der Waals surface area (Å²) >= 11 is 0. The van der Waals surface area contributed by atoms with Gasteiger partial charge in [-0.3, -0.25) is 4.79 Å². The van der Waals surface area contributed by atoms with Crippen LogP contribution in [-0.2, 0) is 4.79 Å². The SMILES string of the molecule is CC(C)N1CC(NC(=O)N2CC3(C)CC2CC(C)(C)C3)CC1=O. The van der Waals surface area contributed by atoms with Crippen LogP contribution in [0, 0.1) is 10.8 Å². The Bertz CT molecular complexity index is 516. The second-order valence-corrected chi connectivity index (χ2v) is 9.33. The summed E-state index contributed by atoms with van der Waals surface area (Å²) in [5, 5.41) is 3.12. The van der Waals surface area contributed by atoms with Crippen LogP contribution < -0.4 is 5.32 Å². The van der Waals surface area contributed by atoms with Crippen molar-refractivity contribution in [3.8, 4) is 0 Å². The Kier molecular flexibility index (Phi) is 3.88. The van der Waals surface area contributed by atoms with Crippen LogP contribution in [0.4, 0.5) is 4.79 Å². The number of rotatable bonds is 2. The third kappa shape index (κ3) is 3.20. The van der Waals surface area contributed by atoms with Gasteiger partial charge < -0.3 is 15.1 Å². The van der Waals surface area contributed by atoms with E-state index in [0.29, 0.717) is 24.4 Å². The molecule has 3 amide bonds. The van der Waals surface area contributed by atoms with Crippen LogP contribution in [0.25, 0.3) is 0 Å². The summed E-state index contributed by atoms with van der Waals surface area (Å²) in [7, 11) is 0. The molecule has 0 aromatic heterocycles. The van der Waals surface area contributed by atoms with E-state index < -0.39 is 0 Å². The number of likely N-dealkylation sites (tertiary alicyclic amines) is 2. The minimum atomic E-state index is -0.0429. The Morgan fingerprint density at radius 1 is 1.26 bits per heavy atom. The van der Waals surface area contributed by atoms with E-state index in [1.165, 1.54) is 6.42 Å². The van der Waals surface area contributed by atoms with Crippen LogP contribution in [-0.4, -0.2) is 53.0 Å². The first-order chi connectivity index (χ1) is 10.6. The molecular formula is C18H31N3O2. The molecule has 2 aliphatic heterocycles. The lowest BCUT2D eigenvalue weighted by Crippen LogP contribution is -2.48. The Balaban J connectivity index is 1.63. The van der Waals surface area contributed by atoms with Crippen molar-refractivity contribution >= 4 is 11.9 Å². The molecule has 1 saturated carbocycles. The van der Waals surface area contributed by atoms with Gasteiger partial charge >= 0.3 is 6.03 Å². The van der Waals surface area contributed by atoms with Crippen molar-refractivity contribution in [2.75, 3.05) is 13.1 Å². The van der Waals surface area contributed by atoms with Crippen LogP contribution in [0.3, 0.4) is 0 Å². The summed E-state index contributed by atoms with van der Waals surface area (Å²) in [6.07, 6.45) is 3.82. The molecule has 0 aromatic rings. The van der Waals surface area contributed by atoms with Crippen LogP contribution in [0.15, 0.2) is 0 Å². The molecule has 0 spiro atoms. The Morgan fingerprint density at radius 3 is 2.57 bits per heavy atom. The fraction of sp³-hybridized carbons (Fsp3) is 0.889. The minimum Gasteiger partial charge on any atom is -0.338 e. The number of hydrogen-bond acceptors (Lipinski definition) is 2. The number of nitrogens with zero attached hydrogens (tertiary/aromatic N) is 2. The molecule has 5 heteroatoms. The largest absolute Gasteiger partial charge is 0.338 e. The maximum atomic E-state index is 12.8. The highest BCUT2D eigenvalue weighted by Crippen LogP contribution is 2.52. The van der Waals surface area contributed by atoms with Gasteiger partial charge in [0.2, 0.25) is 5.91 Å². The van der Waals surface area contributed by atoms with Gasteiger partial charge in [-0.2, -0.15) is 0 Å². The van der Waals surface area contributed by atoms with E-state index in [4.69, 9.17) is 0 Å². The number of hydrogen-bond donors (Lipinski definition) is 1. The molecule has 130 valence electrons. The zero-order chi connectivity index (χ0) is 17.0. The Labute approximate surface area is 139 Å². The number of fused-ring (bicyclic) bond motifs is 2. The van der Waals surface area contributed by atoms with Crippen molar-refractivity contribution in [2.24, 2.45) is 10.8 Å². The van der Waals surface area contributed by atoms with Crippen LogP contribution in [0.2, 0.25) is 0 Å². The fourth-order valence-corrected chi connectivity index (χ4v) is 5.28. The molecule has 23 heavy (non-hydrogen) atoms. The van der Waals surface area contributed by atoms with Crippen molar-refractivity contribution in [1.29, 1.82) is 0 Å². The molecule has 3 unspecified atom stereocenters. The summed E-state index contributed by atoms with van der Waals surface area (Å²) in [6.45, 7) is 12.5. The van der Waals surface area contributed by atoms with E-state index in [2.05, 4.69) is 26.1 Å². The van der Waals surface area contributed by atoms with Gasteiger partial charge in [0.15, 0.2) is 0 Å². The quantitative estimate of drug-likeness (QED) is 0.850. The summed E-state index contributed by atoms with van der Waals surface area (Å²) in [6, 6.07) is 0.538. The zero-order valence-corrected chi connectivity index (χ0v) is 15.2. The summed E-state index contributed by atoms with van der Waals surface area (Å²) in [5.41, 5.74) is 0.559. The van der Waals surface area contributed by atoms with Gasteiger partial charge in [-0.05, 0) is 43.9 Å². The zero-order valence-electron chi connectivity index (χ0n) is 15.2. The van der Waals surface area contributed by atoms with Gasteiger partial charge in [-0.25, -0.2) is 4.79 Å². The van der Waals surface area contributed by atoms with Gasteiger partial charge in [0.25, 0.3) is 0 Å². The van der Waals surface area contributed by atoms with Crippen molar-refractivity contribution < 1.29 is 9.59 Å². The molecule has 2 bridgehead atoms. The first kappa shape index (κ1) is 16.6. The smallest absolute Gasteiger partial charge is 0.317 e. The monoisotopic (exact) mass is 321 g/mol. The average molecular weight is 321 g/mol. The third-order valence-electron chi connectivity index (χ3n) is 5.79. The van der Waals surface area contributed by atoms with Gasteiger partial charge in [0.05, 0.1) is 6.04 Å². The molecule has 3 aliphatic rings. The Morgan fingerprint density at radius 2 is 1.96 bits per heavy atom. The van der Waals surface area contributed by atoms with Gasteiger partial charge in [-0.1, -0.05) is 20.8 Å². The first-order valence-corrected chi connectivity index (χ1v) is 8.95. The molecule has 3 rings (SSSR count). The molecule has 3 fully saturated rings. The molecule has 2 saturated heterocycles. The van der Waals surface area contributed by atoms with E-state index in [1.807, 2.05) is 23.6 Å². The Hall–Kier alpha value is -1.26. The highest BCUT2D eigenvalue weighted by Gasteiger charge is 2.51. The lowest BCUT2D eigenvalue weighted by Gasteiger charge is -2.39. The van der Waals surface area contributed by atoms with E-state index in [0.717, 1.165) is 19.4 Å². The molecule has 3 atom stereocenters. The lowest BCUT2D eigenvalue weighted by molar-refractivity contribution is -0.129. The van der Waals surface area contributed by atoms with Gasteiger partial charge in [0, 0.05) is 31.6 Å². The molecule has 1 aliphatic carbocycles. The van der Waals surface area contributed by atoms with Crippen LogP contribution >= 0.6 is 0 Å². The first-order valence-electron chi connectivity index (χ1n) is 8.95. The predicted molar refractivity (Wildman–Crippen MR) is 90.0 cm³/mol. The van der Waals surface area contributed by atoms with E-state index in [1.54, 1.807) is 0 Å². The number of carbonyl (C=O) groups excluding carboxylic acids is 2. The number of nitrogens with one attached hydrogen (secondary N) is 1. The molecular weight excluding hydrogens is 290 g/mol. The predicted octanol–water partition coefficient (Wildman–Crippen LogP) is 2.61. The molecule has 5 nitrogen and oxygen atoms in total. The average Bonchev–Trinajstić information content (AvgIpc) is 2.85. The molecule has 0 aromatic carbocycles. The number of amides is 3. The van der Waals surface area contributed by atoms with Crippen molar-refractivity contribution in [1.82, 2.24) is 15.1 Å². The fourth-order valence-electron chi connectivity index (χ4n) is 5.28. The molecule has 0 radical (unpaired) electrons. The maximum Gasteiger partial charge on any atom is 0.317 e. The summed E-state index contributed by atoms with van der Waals surface area (Å²) in [4.78, 5) is 28.7. The third-order valence-corrected chi connectivity index (χ3v) is 5.79. The highest BCUT2D eigenvalue weighted by atomic mass is 16.2. The van der Waals surface area contributed by atoms with Crippen LogP contribution in [0.5, 0.6) is 0 Å². The second kappa shape index (κ2) is 5.38. The second-order valence-electron chi connectivity index (χ2n) is 9.33. The van der Waals surface area contributed by atoms with E-state index in [-0.39, 0.29) is 29.4 Å². The lowest BCUT2D eigenvalue weighted by atomic mass is 9.65. The van der Waals surface area contributed by atoms with Crippen molar-refractivity contribution in [3.63, 3.8) is 0 Å². The minimum absolute atomic E-state index is 0.0276. The van der Waals surface area contributed by atoms with E-state index in [9.17, 15) is 9.59 Å². The van der Waals surface area contributed by atoms with Crippen molar-refractivity contribution in [2.45, 2.75) is 78.4 Å². The van der Waals surface area contributed by atoms with Gasteiger partial charge in [-0.15, -0.1) is 0 Å². The van der Waals surface area contributed by atoms with E-state index >= 15 is 0 Å². The van der Waals surface area contributed by atoms with Gasteiger partial charge in [0.1, 0.15) is 0 Å². The molecule has 2 heterocycles. The van der Waals surface area contributed by atoms with Crippen LogP contribution in [0.1, 0.15) is 60.3 Å². The number of urea groups is 1. The topological polar surface area (TPSA) is 52.7 Å². The number of carbonyl (C=O) groups is 2. The summed E-state index contributed by atoms with van der Waals surface area (Å²) < 4.78 is 0. The highest BCUT2D eigenvalue weighted by molar-refractivity contribution is 5.82.